The Morgan fingerprint density at radius 2 is 2.32 bits per heavy atom. The number of halogens is 1. The summed E-state index contributed by atoms with van der Waals surface area (Å²) in [5.74, 6) is -0.921. The third-order valence-corrected chi connectivity index (χ3v) is 4.95. The number of hydrogen-bond donors (Lipinski definition) is 2. The van der Waals surface area contributed by atoms with Crippen molar-refractivity contribution in [3.05, 3.63) is 41.5 Å². The number of carbonyl (C=O) groups is 1. The summed E-state index contributed by atoms with van der Waals surface area (Å²) in [6, 6.07) is 5.30. The Labute approximate surface area is 146 Å². The normalized spacial score (nSPS) is 19.3. The van der Waals surface area contributed by atoms with Gasteiger partial charge in [-0.25, -0.2) is 13.3 Å². The second kappa shape index (κ2) is 6.66. The highest BCUT2D eigenvalue weighted by Gasteiger charge is 2.28. The van der Waals surface area contributed by atoms with Crippen LogP contribution in [0.4, 0.5) is 10.1 Å². The van der Waals surface area contributed by atoms with Crippen LogP contribution in [0.1, 0.15) is 23.0 Å². The van der Waals surface area contributed by atoms with E-state index >= 15 is 0 Å². The van der Waals surface area contributed by atoms with Crippen LogP contribution in [-0.2, 0) is 18.0 Å². The van der Waals surface area contributed by atoms with Gasteiger partial charge >= 0.3 is 0 Å². The molecule has 0 fully saturated rings. The summed E-state index contributed by atoms with van der Waals surface area (Å²) in [4.78, 5) is 13.0. The van der Waals surface area contributed by atoms with E-state index in [-0.39, 0.29) is 35.3 Å². The van der Waals surface area contributed by atoms with Gasteiger partial charge in [-0.15, -0.1) is 0 Å². The van der Waals surface area contributed by atoms with Gasteiger partial charge in [0.2, 0.25) is 0 Å². The summed E-state index contributed by atoms with van der Waals surface area (Å²) in [7, 11) is 0.146. The minimum absolute atomic E-state index is 0.135. The van der Waals surface area contributed by atoms with Gasteiger partial charge in [0.1, 0.15) is 34.4 Å². The van der Waals surface area contributed by atoms with Gasteiger partial charge in [-0.1, -0.05) is 0 Å². The van der Waals surface area contributed by atoms with Crippen LogP contribution in [0.5, 0.6) is 5.75 Å². The highest BCUT2D eigenvalue weighted by Crippen LogP contribution is 2.31. The molecular formula is C16H15FN4O3S. The number of benzene rings is 1. The number of nitriles is 1. The largest absolute Gasteiger partial charge is 0.488 e. The quantitative estimate of drug-likeness (QED) is 0.850. The van der Waals surface area contributed by atoms with Crippen LogP contribution in [0.3, 0.4) is 0 Å². The third-order valence-electron chi connectivity index (χ3n) is 3.65. The molecule has 7 nitrogen and oxygen atoms in total. The molecule has 2 atom stereocenters. The second-order valence-electron chi connectivity index (χ2n) is 5.64. The number of fused-ring (bicyclic) bond motifs is 1. The molecule has 3 rings (SSSR count). The highest BCUT2D eigenvalue weighted by atomic mass is 32.2. The van der Waals surface area contributed by atoms with E-state index in [9.17, 15) is 13.4 Å². The zero-order chi connectivity index (χ0) is 18.1. The summed E-state index contributed by atoms with van der Waals surface area (Å²) < 4.78 is 35.7. The fourth-order valence-corrected chi connectivity index (χ4v) is 3.62. The van der Waals surface area contributed by atoms with Crippen molar-refractivity contribution >= 4 is 22.6 Å². The van der Waals surface area contributed by atoms with Gasteiger partial charge in [0.15, 0.2) is 11.4 Å². The van der Waals surface area contributed by atoms with E-state index in [0.717, 1.165) is 6.07 Å². The maximum atomic E-state index is 13.4. The minimum Gasteiger partial charge on any atom is -0.488 e. The summed E-state index contributed by atoms with van der Waals surface area (Å²) >= 11 is 0. The van der Waals surface area contributed by atoms with Crippen molar-refractivity contribution < 1.29 is 18.1 Å². The van der Waals surface area contributed by atoms with Gasteiger partial charge in [0.05, 0.1) is 11.6 Å². The predicted octanol–water partition coefficient (Wildman–Crippen LogP) is 1.68. The van der Waals surface area contributed by atoms with E-state index < -0.39 is 22.7 Å². The van der Waals surface area contributed by atoms with Gasteiger partial charge in [0, 0.05) is 18.9 Å². The van der Waals surface area contributed by atoms with E-state index in [2.05, 4.69) is 10.0 Å². The van der Waals surface area contributed by atoms with E-state index in [4.69, 9.17) is 10.00 Å². The summed E-state index contributed by atoms with van der Waals surface area (Å²) in [5, 5.41) is 11.5. The Kier molecular flexibility index (Phi) is 4.57. The summed E-state index contributed by atoms with van der Waals surface area (Å²) in [6.45, 7) is 2.09. The third kappa shape index (κ3) is 3.26. The van der Waals surface area contributed by atoms with E-state index in [1.165, 1.54) is 16.7 Å². The SMILES string of the molecule is CC1COc2c(cn(C)c2C(=O)Nc2ccc(F)c(C#N)c2)S(=O)N1. The molecule has 1 aromatic carbocycles. The van der Waals surface area contributed by atoms with Gasteiger partial charge < -0.3 is 14.6 Å². The average molecular weight is 362 g/mol. The first kappa shape index (κ1) is 17.1. The van der Waals surface area contributed by atoms with Gasteiger partial charge in [-0.05, 0) is 25.1 Å². The molecule has 2 unspecified atom stereocenters. The number of rotatable bonds is 2. The van der Waals surface area contributed by atoms with Crippen molar-refractivity contribution in [3.63, 3.8) is 0 Å². The molecule has 0 bridgehead atoms. The number of carbonyl (C=O) groups excluding carboxylic acids is 1. The number of ether oxygens (including phenoxy) is 1. The maximum Gasteiger partial charge on any atom is 0.276 e. The van der Waals surface area contributed by atoms with Crippen molar-refractivity contribution in [2.24, 2.45) is 7.05 Å². The molecule has 1 aliphatic heterocycles. The van der Waals surface area contributed by atoms with Crippen molar-refractivity contribution in [1.29, 1.82) is 5.26 Å². The fraction of sp³-hybridized carbons (Fsp3) is 0.250. The molecule has 1 amide bonds. The summed E-state index contributed by atoms with van der Waals surface area (Å²) in [6.07, 6.45) is 1.57. The fourth-order valence-electron chi connectivity index (χ4n) is 2.48. The van der Waals surface area contributed by atoms with Crippen LogP contribution < -0.4 is 14.8 Å². The lowest BCUT2D eigenvalue weighted by atomic mass is 10.2. The molecule has 0 spiro atoms. The lowest BCUT2D eigenvalue weighted by Crippen LogP contribution is -2.30. The van der Waals surface area contributed by atoms with Crippen molar-refractivity contribution in [2.75, 3.05) is 11.9 Å². The molecule has 2 heterocycles. The maximum absolute atomic E-state index is 13.4. The van der Waals surface area contributed by atoms with Crippen LogP contribution in [-0.4, -0.2) is 27.3 Å². The lowest BCUT2D eigenvalue weighted by molar-refractivity contribution is 0.101. The molecule has 9 heteroatoms. The van der Waals surface area contributed by atoms with Crippen molar-refractivity contribution in [3.8, 4) is 11.8 Å². The number of hydrogen-bond acceptors (Lipinski definition) is 4. The zero-order valence-electron chi connectivity index (χ0n) is 13.5. The topological polar surface area (TPSA) is 96.2 Å². The standard InChI is InChI=1S/C16H15FN4O3S/c1-9-8-24-15-13(25(23)20-9)7-21(2)14(15)16(22)19-11-3-4-12(17)10(5-11)6-18/h3-5,7,9,20H,8H2,1-2H3,(H,19,22). The minimum atomic E-state index is -1.49. The Morgan fingerprint density at radius 1 is 1.56 bits per heavy atom. The Bertz CT molecular complexity index is 919. The van der Waals surface area contributed by atoms with Crippen LogP contribution in [0.25, 0.3) is 0 Å². The molecule has 1 aromatic heterocycles. The molecule has 130 valence electrons. The van der Waals surface area contributed by atoms with E-state index in [1.54, 1.807) is 19.3 Å². The molecular weight excluding hydrogens is 347 g/mol. The predicted molar refractivity (Wildman–Crippen MR) is 89.0 cm³/mol. The van der Waals surface area contributed by atoms with Crippen molar-refractivity contribution in [1.82, 2.24) is 9.29 Å². The first-order valence-corrected chi connectivity index (χ1v) is 8.56. The van der Waals surface area contributed by atoms with Gasteiger partial charge in [0.25, 0.3) is 5.91 Å². The van der Waals surface area contributed by atoms with E-state index in [0.29, 0.717) is 4.90 Å². The monoisotopic (exact) mass is 362 g/mol. The number of anilines is 1. The molecule has 1 aliphatic rings. The number of amides is 1. The van der Waals surface area contributed by atoms with Crippen LogP contribution in [0, 0.1) is 17.1 Å². The molecule has 0 saturated heterocycles. The Balaban J connectivity index is 1.94. The Morgan fingerprint density at radius 3 is 3.04 bits per heavy atom. The van der Waals surface area contributed by atoms with Gasteiger partial charge in [-0.2, -0.15) is 5.26 Å². The lowest BCUT2D eigenvalue weighted by Gasteiger charge is -2.11. The average Bonchev–Trinajstić information content (AvgIpc) is 2.84. The van der Waals surface area contributed by atoms with Crippen LogP contribution in [0.2, 0.25) is 0 Å². The number of aryl methyl sites for hydroxylation is 1. The molecule has 25 heavy (non-hydrogen) atoms. The first-order chi connectivity index (χ1) is 11.9. The van der Waals surface area contributed by atoms with E-state index in [1.807, 2.05) is 6.92 Å². The molecule has 2 aromatic rings. The summed E-state index contributed by atoms with van der Waals surface area (Å²) in [5.41, 5.74) is 0.306. The number of nitrogens with one attached hydrogen (secondary N) is 2. The van der Waals surface area contributed by atoms with Crippen molar-refractivity contribution in [2.45, 2.75) is 17.9 Å². The Hall–Kier alpha value is -2.70. The number of nitrogens with zero attached hydrogens (tertiary/aromatic N) is 2. The van der Waals surface area contributed by atoms with Crippen LogP contribution in [0.15, 0.2) is 29.3 Å². The second-order valence-corrected chi connectivity index (χ2v) is 6.85. The molecule has 0 aliphatic carbocycles. The smallest absolute Gasteiger partial charge is 0.276 e. The van der Waals surface area contributed by atoms with Gasteiger partial charge in [-0.3, -0.25) is 4.79 Å². The molecule has 0 radical (unpaired) electrons. The highest BCUT2D eigenvalue weighted by molar-refractivity contribution is 7.83. The molecule has 0 saturated carbocycles. The van der Waals surface area contributed by atoms with Crippen LogP contribution >= 0.6 is 0 Å². The zero-order valence-corrected chi connectivity index (χ0v) is 14.3. The number of aromatic nitrogens is 1. The molecule has 2 N–H and O–H groups in total. The first-order valence-electron chi connectivity index (χ1n) is 7.41.